The van der Waals surface area contributed by atoms with Crippen molar-refractivity contribution in [2.45, 2.75) is 0 Å². The van der Waals surface area contributed by atoms with Crippen LogP contribution in [0, 0.1) is 0 Å². The largest absolute Gasteiger partial charge is 0.451 e. The number of nitrogens with zero attached hydrogens (tertiary/aromatic N) is 3. The van der Waals surface area contributed by atoms with Crippen molar-refractivity contribution in [1.29, 1.82) is 0 Å². The number of benzene rings is 7. The molecule has 234 valence electrons. The van der Waals surface area contributed by atoms with Gasteiger partial charge in [-0.05, 0) is 53.1 Å². The zero-order chi connectivity index (χ0) is 33.0. The van der Waals surface area contributed by atoms with Crippen LogP contribution in [-0.4, -0.2) is 14.5 Å². The predicted octanol–water partition coefficient (Wildman–Crippen LogP) is 12.1. The van der Waals surface area contributed by atoms with E-state index in [1.807, 2.05) is 36.4 Å². The van der Waals surface area contributed by atoms with E-state index in [4.69, 9.17) is 14.4 Å². The third-order valence-electron chi connectivity index (χ3n) is 9.59. The van der Waals surface area contributed by atoms with Gasteiger partial charge < -0.3 is 8.98 Å². The summed E-state index contributed by atoms with van der Waals surface area (Å²) in [4.78, 5) is 10.2. The van der Waals surface area contributed by atoms with Gasteiger partial charge in [0.05, 0.1) is 11.0 Å². The zero-order valence-electron chi connectivity index (χ0n) is 27.0. The Morgan fingerprint density at radius 1 is 0.400 bits per heavy atom. The highest BCUT2D eigenvalue weighted by molar-refractivity contribution is 6.12. The van der Waals surface area contributed by atoms with Gasteiger partial charge in [0.25, 0.3) is 0 Å². The molecule has 7 aromatic carbocycles. The second-order valence-electron chi connectivity index (χ2n) is 12.6. The van der Waals surface area contributed by atoms with E-state index in [0.717, 1.165) is 61.2 Å². The third kappa shape index (κ3) is 4.54. The van der Waals surface area contributed by atoms with Crippen molar-refractivity contribution >= 4 is 43.9 Å². The van der Waals surface area contributed by atoms with Crippen molar-refractivity contribution in [2.24, 2.45) is 0 Å². The van der Waals surface area contributed by atoms with E-state index in [1.54, 1.807) is 0 Å². The first-order valence-corrected chi connectivity index (χ1v) is 16.8. The fourth-order valence-corrected chi connectivity index (χ4v) is 7.29. The zero-order valence-corrected chi connectivity index (χ0v) is 27.0. The van der Waals surface area contributed by atoms with Crippen LogP contribution in [0.2, 0.25) is 0 Å². The summed E-state index contributed by atoms with van der Waals surface area (Å²) < 4.78 is 9.28. The lowest BCUT2D eigenvalue weighted by molar-refractivity contribution is 0.668. The van der Waals surface area contributed by atoms with Gasteiger partial charge in [-0.1, -0.05) is 140 Å². The van der Waals surface area contributed by atoms with Crippen LogP contribution in [0.25, 0.3) is 94.5 Å². The molecule has 0 spiro atoms. The molecule has 3 aromatic heterocycles. The number of aromatic nitrogens is 3. The molecule has 0 radical (unpaired) electrons. The van der Waals surface area contributed by atoms with Crippen molar-refractivity contribution in [3.8, 4) is 50.6 Å². The fraction of sp³-hybridized carbons (Fsp3) is 0. The lowest BCUT2D eigenvalue weighted by atomic mass is 9.96. The quantitative estimate of drug-likeness (QED) is 0.188. The van der Waals surface area contributed by atoms with Crippen LogP contribution >= 0.6 is 0 Å². The van der Waals surface area contributed by atoms with E-state index in [-0.39, 0.29) is 0 Å². The van der Waals surface area contributed by atoms with Gasteiger partial charge in [-0.2, -0.15) is 0 Å². The van der Waals surface area contributed by atoms with Gasteiger partial charge in [0.15, 0.2) is 11.4 Å². The molecule has 0 unspecified atom stereocenters. The van der Waals surface area contributed by atoms with Crippen LogP contribution < -0.4 is 0 Å². The highest BCUT2D eigenvalue weighted by Gasteiger charge is 2.21. The number of rotatable bonds is 5. The molecule has 0 bridgehead atoms. The summed E-state index contributed by atoms with van der Waals surface area (Å²) in [6, 6.07) is 61.5. The molecule has 0 saturated carbocycles. The van der Waals surface area contributed by atoms with E-state index in [2.05, 4.69) is 144 Å². The van der Waals surface area contributed by atoms with Crippen molar-refractivity contribution in [3.05, 3.63) is 176 Å². The lowest BCUT2D eigenvalue weighted by Gasteiger charge is -2.14. The SMILES string of the molecule is c1ccc(-c2cc(-c3cccc4c3oc3c(-c5ccccc5)nc(-c5ccccc5)nc34)cc(-n3c4ccccc4c4ccccc43)c2)cc1. The number of fused-ring (bicyclic) bond motifs is 6. The minimum Gasteiger partial charge on any atom is -0.451 e. The second-order valence-corrected chi connectivity index (χ2v) is 12.6. The molecule has 0 fully saturated rings. The number of para-hydroxylation sites is 3. The molecule has 4 nitrogen and oxygen atoms in total. The number of hydrogen-bond acceptors (Lipinski definition) is 3. The first kappa shape index (κ1) is 28.3. The van der Waals surface area contributed by atoms with Gasteiger partial charge in [-0.3, -0.25) is 0 Å². The molecule has 0 saturated heterocycles. The van der Waals surface area contributed by atoms with Crippen molar-refractivity contribution in [1.82, 2.24) is 14.5 Å². The maximum absolute atomic E-state index is 6.90. The Morgan fingerprint density at radius 2 is 0.960 bits per heavy atom. The summed E-state index contributed by atoms with van der Waals surface area (Å²) in [5, 5.41) is 3.42. The minimum atomic E-state index is 0.671. The molecule has 0 aliphatic rings. The Kier molecular flexibility index (Phi) is 6.46. The van der Waals surface area contributed by atoms with Gasteiger partial charge >= 0.3 is 0 Å². The average Bonchev–Trinajstić information content (AvgIpc) is 3.74. The number of furan rings is 1. The second kappa shape index (κ2) is 11.4. The Labute approximate surface area is 288 Å². The Balaban J connectivity index is 1.26. The molecule has 0 aliphatic carbocycles. The highest BCUT2D eigenvalue weighted by atomic mass is 16.3. The molecule has 0 amide bonds. The first-order chi connectivity index (χ1) is 24.8. The monoisotopic (exact) mass is 639 g/mol. The average molecular weight is 640 g/mol. The molecule has 3 heterocycles. The molecule has 0 aliphatic heterocycles. The Bertz CT molecular complexity index is 2800. The predicted molar refractivity (Wildman–Crippen MR) is 205 cm³/mol. The van der Waals surface area contributed by atoms with Gasteiger partial charge in [0.2, 0.25) is 0 Å². The molecule has 10 rings (SSSR count). The van der Waals surface area contributed by atoms with Crippen LogP contribution in [-0.2, 0) is 0 Å². The first-order valence-electron chi connectivity index (χ1n) is 16.8. The van der Waals surface area contributed by atoms with Gasteiger partial charge in [0.1, 0.15) is 16.8 Å². The van der Waals surface area contributed by atoms with Crippen LogP contribution in [0.1, 0.15) is 0 Å². The molecule has 10 aromatic rings. The summed E-state index contributed by atoms with van der Waals surface area (Å²) in [5.41, 5.74) is 12.8. The maximum atomic E-state index is 6.90. The molecular formula is C46H29N3O. The van der Waals surface area contributed by atoms with E-state index in [9.17, 15) is 0 Å². The van der Waals surface area contributed by atoms with E-state index < -0.39 is 0 Å². The van der Waals surface area contributed by atoms with Crippen LogP contribution in [0.3, 0.4) is 0 Å². The molecule has 4 heteroatoms. The van der Waals surface area contributed by atoms with E-state index >= 15 is 0 Å². The van der Waals surface area contributed by atoms with E-state index in [0.29, 0.717) is 11.4 Å². The molecule has 0 atom stereocenters. The Hall–Kier alpha value is -6.78. The maximum Gasteiger partial charge on any atom is 0.180 e. The van der Waals surface area contributed by atoms with Gasteiger partial charge in [0, 0.05) is 38.5 Å². The Morgan fingerprint density at radius 3 is 1.64 bits per heavy atom. The van der Waals surface area contributed by atoms with Crippen LogP contribution in [0.5, 0.6) is 0 Å². The standard InChI is InChI=1S/C46H29N3O/c1-4-15-30(16-5-1)33-27-34(29-35(28-33)49-40-25-12-10-21-37(40)38-22-11-13-26-41(38)49)36-23-14-24-39-43-45(50-44(36)39)42(31-17-6-2-7-18-31)47-46(48-43)32-19-8-3-9-20-32/h1-29H. The lowest BCUT2D eigenvalue weighted by Crippen LogP contribution is -1.96. The molecule has 0 N–H and O–H groups in total. The van der Waals surface area contributed by atoms with Gasteiger partial charge in [-0.15, -0.1) is 0 Å². The van der Waals surface area contributed by atoms with Crippen molar-refractivity contribution in [2.75, 3.05) is 0 Å². The third-order valence-corrected chi connectivity index (χ3v) is 9.59. The summed E-state index contributed by atoms with van der Waals surface area (Å²) >= 11 is 0. The normalized spacial score (nSPS) is 11.6. The summed E-state index contributed by atoms with van der Waals surface area (Å²) in [6.07, 6.45) is 0. The van der Waals surface area contributed by atoms with Crippen LogP contribution in [0.15, 0.2) is 180 Å². The smallest absolute Gasteiger partial charge is 0.180 e. The number of hydrogen-bond donors (Lipinski definition) is 0. The van der Waals surface area contributed by atoms with Crippen LogP contribution in [0.4, 0.5) is 0 Å². The van der Waals surface area contributed by atoms with Crippen molar-refractivity contribution in [3.63, 3.8) is 0 Å². The topological polar surface area (TPSA) is 43.9 Å². The van der Waals surface area contributed by atoms with E-state index in [1.165, 1.54) is 21.8 Å². The summed E-state index contributed by atoms with van der Waals surface area (Å²) in [5.74, 6) is 0.671. The summed E-state index contributed by atoms with van der Waals surface area (Å²) in [7, 11) is 0. The van der Waals surface area contributed by atoms with Gasteiger partial charge in [-0.25, -0.2) is 9.97 Å². The summed E-state index contributed by atoms with van der Waals surface area (Å²) in [6.45, 7) is 0. The molecule has 50 heavy (non-hydrogen) atoms. The van der Waals surface area contributed by atoms with Crippen molar-refractivity contribution < 1.29 is 4.42 Å². The fourth-order valence-electron chi connectivity index (χ4n) is 7.29. The minimum absolute atomic E-state index is 0.671. The molecular weight excluding hydrogens is 611 g/mol. The highest BCUT2D eigenvalue weighted by Crippen LogP contribution is 2.42.